The number of methoxy groups -OCH3 is 1. The summed E-state index contributed by atoms with van der Waals surface area (Å²) in [6, 6.07) is 0. The Kier molecular flexibility index (Phi) is 2.65. The first kappa shape index (κ1) is 8.99. The van der Waals surface area contributed by atoms with Gasteiger partial charge in [0.2, 0.25) is 11.1 Å². The summed E-state index contributed by atoms with van der Waals surface area (Å²) >= 11 is 5.47. The number of rotatable bonds is 2. The van der Waals surface area contributed by atoms with Gasteiger partial charge in [-0.1, -0.05) is 0 Å². The second-order valence-electron chi connectivity index (χ2n) is 1.91. The van der Waals surface area contributed by atoms with E-state index in [1.165, 1.54) is 14.2 Å². The highest BCUT2D eigenvalue weighted by atomic mass is 35.5. The van der Waals surface area contributed by atoms with E-state index in [4.69, 9.17) is 11.6 Å². The Bertz CT molecular complexity index is 269. The van der Waals surface area contributed by atoms with Crippen LogP contribution in [-0.4, -0.2) is 24.1 Å². The van der Waals surface area contributed by atoms with Gasteiger partial charge in [0.1, 0.15) is 0 Å². The number of hydrogen-bond acceptors (Lipinski definition) is 4. The highest BCUT2D eigenvalue weighted by Crippen LogP contribution is 2.21. The third-order valence-electron chi connectivity index (χ3n) is 1.22. The third kappa shape index (κ3) is 1.55. The van der Waals surface area contributed by atoms with Crippen LogP contribution in [0, 0.1) is 5.82 Å². The maximum atomic E-state index is 13.1. The quantitative estimate of drug-likeness (QED) is 0.717. The first-order chi connectivity index (χ1) is 5.69. The summed E-state index contributed by atoms with van der Waals surface area (Å²) in [5.41, 5.74) is 0. The fourth-order valence-electron chi connectivity index (χ4n) is 0.701. The molecule has 1 aromatic heterocycles. The lowest BCUT2D eigenvalue weighted by molar-refractivity contribution is 0.368. The molecule has 0 fully saturated rings. The Balaban J connectivity index is 3.22. The van der Waals surface area contributed by atoms with Crippen LogP contribution in [0.2, 0.25) is 5.28 Å². The van der Waals surface area contributed by atoms with Crippen molar-refractivity contribution >= 4 is 17.4 Å². The minimum Gasteiger partial charge on any atom is -0.479 e. The van der Waals surface area contributed by atoms with E-state index in [0.717, 1.165) is 0 Å². The van der Waals surface area contributed by atoms with E-state index in [9.17, 15) is 4.39 Å². The summed E-state index contributed by atoms with van der Waals surface area (Å²) in [4.78, 5) is 7.10. The Hall–Kier alpha value is -1.10. The molecule has 4 nitrogen and oxygen atoms in total. The van der Waals surface area contributed by atoms with Gasteiger partial charge in [-0.2, -0.15) is 14.4 Å². The Morgan fingerprint density at radius 1 is 1.50 bits per heavy atom. The number of aromatic nitrogens is 2. The molecule has 0 aliphatic carbocycles. The maximum absolute atomic E-state index is 13.1. The molecule has 0 aliphatic heterocycles. The highest BCUT2D eigenvalue weighted by molar-refractivity contribution is 6.28. The molecule has 1 aromatic rings. The average Bonchev–Trinajstić information content (AvgIpc) is 2.08. The van der Waals surface area contributed by atoms with E-state index in [1.54, 1.807) is 0 Å². The summed E-state index contributed by atoms with van der Waals surface area (Å²) in [5.74, 6) is -0.796. The van der Waals surface area contributed by atoms with Crippen molar-refractivity contribution in [3.8, 4) is 5.88 Å². The van der Waals surface area contributed by atoms with E-state index in [2.05, 4.69) is 20.0 Å². The predicted molar refractivity (Wildman–Crippen MR) is 43.1 cm³/mol. The first-order valence-corrected chi connectivity index (χ1v) is 3.51. The summed E-state index contributed by atoms with van der Waals surface area (Å²) in [5, 5.41) is 2.46. The monoisotopic (exact) mass is 191 g/mol. The van der Waals surface area contributed by atoms with Gasteiger partial charge in [0.15, 0.2) is 5.82 Å². The van der Waals surface area contributed by atoms with E-state index in [0.29, 0.717) is 0 Å². The molecule has 0 atom stereocenters. The van der Waals surface area contributed by atoms with Crippen LogP contribution in [0.25, 0.3) is 0 Å². The van der Waals surface area contributed by atoms with Gasteiger partial charge in [-0.05, 0) is 11.6 Å². The lowest BCUT2D eigenvalue weighted by Crippen LogP contribution is -2.02. The van der Waals surface area contributed by atoms with Crippen molar-refractivity contribution in [3.63, 3.8) is 0 Å². The molecule has 0 radical (unpaired) electrons. The van der Waals surface area contributed by atoms with Crippen LogP contribution in [0.15, 0.2) is 0 Å². The van der Waals surface area contributed by atoms with Crippen molar-refractivity contribution in [2.45, 2.75) is 0 Å². The summed E-state index contributed by atoms with van der Waals surface area (Å²) in [6.07, 6.45) is 0. The largest absolute Gasteiger partial charge is 0.479 e. The van der Waals surface area contributed by atoms with Gasteiger partial charge in [-0.25, -0.2) is 0 Å². The number of halogens is 2. The molecule has 1 heterocycles. The molecule has 0 bridgehead atoms. The van der Waals surface area contributed by atoms with Crippen LogP contribution in [0.3, 0.4) is 0 Å². The zero-order valence-electron chi connectivity index (χ0n) is 6.56. The number of anilines is 1. The molecule has 66 valence electrons. The van der Waals surface area contributed by atoms with Crippen molar-refractivity contribution < 1.29 is 9.13 Å². The zero-order valence-corrected chi connectivity index (χ0v) is 7.31. The predicted octanol–water partition coefficient (Wildman–Crippen LogP) is 1.32. The molecule has 0 amide bonds. The lowest BCUT2D eigenvalue weighted by Gasteiger charge is -2.04. The molecule has 1 rings (SSSR count). The minimum atomic E-state index is -0.649. The SMILES string of the molecule is CNc1nc(Cl)nc(OC)c1F. The van der Waals surface area contributed by atoms with Crippen molar-refractivity contribution in [1.29, 1.82) is 0 Å². The molecule has 12 heavy (non-hydrogen) atoms. The number of nitrogens with one attached hydrogen (secondary N) is 1. The molecule has 0 aliphatic rings. The molecule has 0 saturated heterocycles. The van der Waals surface area contributed by atoms with Crippen LogP contribution in [-0.2, 0) is 0 Å². The third-order valence-corrected chi connectivity index (χ3v) is 1.39. The van der Waals surface area contributed by atoms with Crippen molar-refractivity contribution in [2.75, 3.05) is 19.5 Å². The van der Waals surface area contributed by atoms with Crippen LogP contribution < -0.4 is 10.1 Å². The standard InChI is InChI=1S/C6H7ClFN3O/c1-9-4-3(8)5(12-2)11-6(7)10-4/h1-2H3,(H,9,10,11). The maximum Gasteiger partial charge on any atom is 0.256 e. The van der Waals surface area contributed by atoms with E-state index in [1.807, 2.05) is 0 Å². The minimum absolute atomic E-state index is 0.0202. The number of nitrogens with zero attached hydrogens (tertiary/aromatic N) is 2. The van der Waals surface area contributed by atoms with Gasteiger partial charge in [0.05, 0.1) is 7.11 Å². The fourth-order valence-corrected chi connectivity index (χ4v) is 0.863. The van der Waals surface area contributed by atoms with Gasteiger partial charge >= 0.3 is 0 Å². The molecule has 0 aromatic carbocycles. The smallest absolute Gasteiger partial charge is 0.256 e. The summed E-state index contributed by atoms with van der Waals surface area (Å²) in [7, 11) is 2.84. The Morgan fingerprint density at radius 2 is 2.17 bits per heavy atom. The van der Waals surface area contributed by atoms with E-state index >= 15 is 0 Å². The van der Waals surface area contributed by atoms with Crippen LogP contribution in [0.5, 0.6) is 5.88 Å². The van der Waals surface area contributed by atoms with Gasteiger partial charge in [0.25, 0.3) is 5.88 Å². The van der Waals surface area contributed by atoms with Crippen LogP contribution >= 0.6 is 11.6 Å². The van der Waals surface area contributed by atoms with Gasteiger partial charge < -0.3 is 10.1 Å². The topological polar surface area (TPSA) is 47.0 Å². The molecular formula is C6H7ClFN3O. The molecule has 0 spiro atoms. The fraction of sp³-hybridized carbons (Fsp3) is 0.333. The number of ether oxygens (including phenoxy) is 1. The van der Waals surface area contributed by atoms with Crippen LogP contribution in [0.4, 0.5) is 10.2 Å². The molecular weight excluding hydrogens is 185 g/mol. The average molecular weight is 192 g/mol. The van der Waals surface area contributed by atoms with Crippen LogP contribution in [0.1, 0.15) is 0 Å². The second kappa shape index (κ2) is 3.53. The zero-order chi connectivity index (χ0) is 9.14. The van der Waals surface area contributed by atoms with Crippen molar-refractivity contribution in [2.24, 2.45) is 0 Å². The summed E-state index contributed by atoms with van der Waals surface area (Å²) < 4.78 is 17.7. The molecule has 0 saturated carbocycles. The lowest BCUT2D eigenvalue weighted by atomic mass is 10.5. The van der Waals surface area contributed by atoms with Gasteiger partial charge in [0, 0.05) is 7.05 Å². The van der Waals surface area contributed by atoms with E-state index < -0.39 is 5.82 Å². The second-order valence-corrected chi connectivity index (χ2v) is 2.25. The van der Waals surface area contributed by atoms with Crippen molar-refractivity contribution in [1.82, 2.24) is 9.97 Å². The Labute approximate surface area is 73.7 Å². The molecule has 1 N–H and O–H groups in total. The highest BCUT2D eigenvalue weighted by Gasteiger charge is 2.12. The normalized spacial score (nSPS) is 9.67. The van der Waals surface area contributed by atoms with Crippen molar-refractivity contribution in [3.05, 3.63) is 11.1 Å². The molecule has 0 unspecified atom stereocenters. The Morgan fingerprint density at radius 3 is 2.67 bits per heavy atom. The number of hydrogen-bond donors (Lipinski definition) is 1. The summed E-state index contributed by atoms with van der Waals surface area (Å²) in [6.45, 7) is 0. The van der Waals surface area contributed by atoms with Gasteiger partial charge in [-0.3, -0.25) is 0 Å². The van der Waals surface area contributed by atoms with Gasteiger partial charge in [-0.15, -0.1) is 0 Å². The molecule has 6 heteroatoms. The first-order valence-electron chi connectivity index (χ1n) is 3.13. The van der Waals surface area contributed by atoms with E-state index in [-0.39, 0.29) is 17.0 Å².